The van der Waals surface area contributed by atoms with Gasteiger partial charge in [0.1, 0.15) is 0 Å². The number of hydrogen-bond acceptors (Lipinski definition) is 2. The van der Waals surface area contributed by atoms with Crippen LogP contribution in [0, 0.1) is 0 Å². The molecule has 0 unspecified atom stereocenters. The van der Waals surface area contributed by atoms with Crippen molar-refractivity contribution in [3.05, 3.63) is 211 Å². The number of para-hydroxylation sites is 3. The lowest BCUT2D eigenvalue weighted by molar-refractivity contribution is 0.932. The maximum Gasteiger partial charge on any atom is 0.339 e. The molecular weight excluding hydrogens is 683 g/mol. The minimum Gasteiger partial charge on any atom is -0.262 e. The van der Waals surface area contributed by atoms with Gasteiger partial charge in [0.05, 0.1) is 22.2 Å². The quantitative estimate of drug-likeness (QED) is 0.166. The molecule has 4 nitrogen and oxygen atoms in total. The van der Waals surface area contributed by atoms with Crippen molar-refractivity contribution in [2.45, 2.75) is 0 Å². The van der Waals surface area contributed by atoms with Crippen molar-refractivity contribution < 1.29 is 0 Å². The Morgan fingerprint density at radius 3 is 1.43 bits per heavy atom. The molecule has 0 saturated heterocycles. The second-order valence-electron chi connectivity index (χ2n) is 14.3. The molecule has 9 aromatic carbocycles. The van der Waals surface area contributed by atoms with E-state index in [1.807, 2.05) is 59.2 Å². The zero-order chi connectivity index (χ0) is 37.2. The number of benzene rings is 9. The van der Waals surface area contributed by atoms with Gasteiger partial charge in [-0.3, -0.25) is 4.57 Å². The third-order valence-corrected chi connectivity index (χ3v) is 11.1. The molecule has 0 aliphatic carbocycles. The smallest absolute Gasteiger partial charge is 0.262 e. The summed E-state index contributed by atoms with van der Waals surface area (Å²) in [6.07, 6.45) is 0. The molecule has 0 bridgehead atoms. The Bertz CT molecular complexity index is 3250. The summed E-state index contributed by atoms with van der Waals surface area (Å²) in [4.78, 5) is 19.6. The van der Waals surface area contributed by atoms with Gasteiger partial charge in [0.25, 0.3) is 0 Å². The monoisotopic (exact) mass is 715 g/mol. The van der Waals surface area contributed by atoms with Crippen LogP contribution in [0.1, 0.15) is 0 Å². The zero-order valence-corrected chi connectivity index (χ0v) is 30.3. The molecule has 2 aromatic heterocycles. The molecule has 56 heavy (non-hydrogen) atoms. The van der Waals surface area contributed by atoms with E-state index in [2.05, 4.69) is 146 Å². The Hall–Kier alpha value is -7.56. The lowest BCUT2D eigenvalue weighted by atomic mass is 9.84. The molecule has 0 saturated carbocycles. The van der Waals surface area contributed by atoms with E-state index in [0.717, 1.165) is 55.1 Å². The highest BCUT2D eigenvalue weighted by Crippen LogP contribution is 2.46. The lowest BCUT2D eigenvalue weighted by Gasteiger charge is -2.20. The van der Waals surface area contributed by atoms with Crippen LogP contribution in [0.3, 0.4) is 0 Å². The summed E-state index contributed by atoms with van der Waals surface area (Å²) < 4.78 is 3.58. The Morgan fingerprint density at radius 1 is 0.357 bits per heavy atom. The largest absolute Gasteiger partial charge is 0.339 e. The summed E-state index contributed by atoms with van der Waals surface area (Å²) >= 11 is 0. The van der Waals surface area contributed by atoms with Crippen LogP contribution in [0.15, 0.2) is 205 Å². The Morgan fingerprint density at radius 2 is 0.839 bits per heavy atom. The first-order valence-electron chi connectivity index (χ1n) is 18.9. The molecule has 0 radical (unpaired) electrons. The van der Waals surface area contributed by atoms with Gasteiger partial charge in [-0.2, -0.15) is 0 Å². The molecule has 11 aromatic rings. The Kier molecular flexibility index (Phi) is 7.29. The van der Waals surface area contributed by atoms with Crippen molar-refractivity contribution in [2.75, 3.05) is 0 Å². The van der Waals surface area contributed by atoms with E-state index in [-0.39, 0.29) is 5.69 Å². The van der Waals surface area contributed by atoms with Gasteiger partial charge in [0, 0.05) is 5.39 Å². The first-order valence-corrected chi connectivity index (χ1v) is 18.9. The van der Waals surface area contributed by atoms with Crippen molar-refractivity contribution in [3.63, 3.8) is 0 Å². The van der Waals surface area contributed by atoms with E-state index in [0.29, 0.717) is 5.65 Å². The highest BCUT2D eigenvalue weighted by atomic mass is 16.1. The molecule has 0 amide bonds. The second-order valence-corrected chi connectivity index (χ2v) is 14.3. The van der Waals surface area contributed by atoms with E-state index in [9.17, 15) is 4.79 Å². The molecule has 262 valence electrons. The maximum atomic E-state index is 14.6. The van der Waals surface area contributed by atoms with Crippen molar-refractivity contribution in [3.8, 4) is 50.2 Å². The first-order chi connectivity index (χ1) is 27.7. The minimum absolute atomic E-state index is 0.151. The molecule has 4 heteroatoms. The highest BCUT2D eigenvalue weighted by Gasteiger charge is 2.21. The summed E-state index contributed by atoms with van der Waals surface area (Å²) in [6.45, 7) is 0. The standard InChI is InChI=1S/C52H33N3O/c56-52-54(40-20-8-3-9-21-40)48-33-36(28-29-45(48)51-53-46-26-14-15-27-47(46)55(51)52)49-41-22-10-12-24-43(41)50(44-25-13-11-23-42(44)49)39-31-37(34-16-4-1-5-17-34)30-38(32-39)35-18-6-2-7-19-35/h1-33H. The van der Waals surface area contributed by atoms with Gasteiger partial charge in [-0.25, -0.2) is 14.2 Å². The molecule has 11 rings (SSSR count). The van der Waals surface area contributed by atoms with Crippen molar-refractivity contribution >= 4 is 49.1 Å². The number of imidazole rings is 1. The predicted octanol–water partition coefficient (Wildman–Crippen LogP) is 12.8. The first kappa shape index (κ1) is 31.9. The Balaban J connectivity index is 1.22. The van der Waals surface area contributed by atoms with Crippen molar-refractivity contribution in [2.24, 2.45) is 0 Å². The predicted molar refractivity (Wildman–Crippen MR) is 233 cm³/mol. The zero-order valence-electron chi connectivity index (χ0n) is 30.3. The summed E-state index contributed by atoms with van der Waals surface area (Å²) in [6, 6.07) is 70.0. The SMILES string of the molecule is O=c1n(-c2ccccc2)c2cc(-c3c4ccccc4c(-c4cc(-c5ccccc5)cc(-c5ccccc5)c4)c4ccccc34)ccc2c2nc3ccccc3n12. The van der Waals surface area contributed by atoms with Crippen LogP contribution >= 0.6 is 0 Å². The third kappa shape index (κ3) is 5.00. The van der Waals surface area contributed by atoms with Gasteiger partial charge in [0.2, 0.25) is 0 Å². The normalized spacial score (nSPS) is 11.6. The molecule has 2 heterocycles. The van der Waals surface area contributed by atoms with E-state index in [1.54, 1.807) is 4.40 Å². The van der Waals surface area contributed by atoms with E-state index < -0.39 is 0 Å². The van der Waals surface area contributed by atoms with Gasteiger partial charge in [0.15, 0.2) is 5.65 Å². The van der Waals surface area contributed by atoms with Crippen LogP contribution in [0.4, 0.5) is 0 Å². The van der Waals surface area contributed by atoms with E-state index >= 15 is 0 Å². The fourth-order valence-corrected chi connectivity index (χ4v) is 8.61. The summed E-state index contributed by atoms with van der Waals surface area (Å²) in [5.41, 5.74) is 12.9. The number of nitrogens with zero attached hydrogens (tertiary/aromatic N) is 3. The van der Waals surface area contributed by atoms with E-state index in [4.69, 9.17) is 4.98 Å². The molecule has 0 aliphatic rings. The van der Waals surface area contributed by atoms with Crippen LogP contribution in [-0.4, -0.2) is 14.0 Å². The molecule has 0 aliphatic heterocycles. The maximum absolute atomic E-state index is 14.6. The van der Waals surface area contributed by atoms with E-state index in [1.165, 1.54) is 38.6 Å². The molecular formula is C52H33N3O. The van der Waals surface area contributed by atoms with Crippen molar-refractivity contribution in [1.29, 1.82) is 0 Å². The fourth-order valence-electron chi connectivity index (χ4n) is 8.61. The second kappa shape index (κ2) is 12.8. The number of hydrogen-bond donors (Lipinski definition) is 0. The van der Waals surface area contributed by atoms with Crippen LogP contribution < -0.4 is 5.69 Å². The molecule has 0 atom stereocenters. The fraction of sp³-hybridized carbons (Fsp3) is 0. The highest BCUT2D eigenvalue weighted by molar-refractivity contribution is 6.22. The average molecular weight is 716 g/mol. The van der Waals surface area contributed by atoms with Crippen LogP contribution in [0.25, 0.3) is 99.3 Å². The number of aromatic nitrogens is 3. The van der Waals surface area contributed by atoms with Crippen molar-refractivity contribution in [1.82, 2.24) is 14.0 Å². The third-order valence-electron chi connectivity index (χ3n) is 11.1. The minimum atomic E-state index is -0.151. The van der Waals surface area contributed by atoms with Crippen LogP contribution in [0.2, 0.25) is 0 Å². The molecule has 0 N–H and O–H groups in total. The molecule has 0 fully saturated rings. The number of rotatable bonds is 5. The van der Waals surface area contributed by atoms with Gasteiger partial charge in [-0.15, -0.1) is 0 Å². The van der Waals surface area contributed by atoms with Gasteiger partial charge in [-0.1, -0.05) is 146 Å². The summed E-state index contributed by atoms with van der Waals surface area (Å²) in [5, 5.41) is 5.54. The summed E-state index contributed by atoms with van der Waals surface area (Å²) in [5.74, 6) is 0. The van der Waals surface area contributed by atoms with Crippen LogP contribution in [-0.2, 0) is 0 Å². The van der Waals surface area contributed by atoms with Crippen LogP contribution in [0.5, 0.6) is 0 Å². The van der Waals surface area contributed by atoms with Gasteiger partial charge < -0.3 is 0 Å². The van der Waals surface area contributed by atoms with Gasteiger partial charge >= 0.3 is 5.69 Å². The number of fused-ring (bicyclic) bond motifs is 7. The molecule has 0 spiro atoms. The van der Waals surface area contributed by atoms with Gasteiger partial charge in [-0.05, 0) is 121 Å². The lowest BCUT2D eigenvalue weighted by Crippen LogP contribution is -2.25. The summed E-state index contributed by atoms with van der Waals surface area (Å²) in [7, 11) is 0. The topological polar surface area (TPSA) is 39.3 Å². The average Bonchev–Trinajstić information content (AvgIpc) is 3.67. The Labute approximate surface area is 322 Å².